The van der Waals surface area contributed by atoms with Crippen LogP contribution in [0.1, 0.15) is 47.7 Å². The molecule has 0 saturated carbocycles. The van der Waals surface area contributed by atoms with Crippen LogP contribution in [0.25, 0.3) is 0 Å². The predicted octanol–water partition coefficient (Wildman–Crippen LogP) is 3.74. The van der Waals surface area contributed by atoms with E-state index in [0.29, 0.717) is 12.1 Å². The molecule has 0 bridgehead atoms. The van der Waals surface area contributed by atoms with Crippen LogP contribution in [-0.4, -0.2) is 49.1 Å². The SMILES string of the molecule is C[C@H]1CCC[N+]1(c1ccc2c(c1)CCN(C(=O)c1ccccc1)C2)[C@H]1CCNC1. The van der Waals surface area contributed by atoms with Crippen LogP contribution in [-0.2, 0) is 13.0 Å². The lowest BCUT2D eigenvalue weighted by Gasteiger charge is -2.44. The monoisotopic (exact) mass is 390 g/mol. The number of hydrogen-bond donors (Lipinski definition) is 1. The molecule has 0 aliphatic carbocycles. The lowest BCUT2D eigenvalue weighted by Crippen LogP contribution is -2.59. The van der Waals surface area contributed by atoms with E-state index in [9.17, 15) is 4.79 Å². The summed E-state index contributed by atoms with van der Waals surface area (Å²) >= 11 is 0. The van der Waals surface area contributed by atoms with Crippen molar-refractivity contribution in [2.24, 2.45) is 0 Å². The zero-order valence-corrected chi connectivity index (χ0v) is 17.4. The Labute approximate surface area is 174 Å². The quantitative estimate of drug-likeness (QED) is 0.810. The normalized spacial score (nSPS) is 29.1. The fourth-order valence-electron chi connectivity index (χ4n) is 6.00. The first-order chi connectivity index (χ1) is 14.2. The second-order valence-electron chi connectivity index (χ2n) is 9.09. The van der Waals surface area contributed by atoms with E-state index < -0.39 is 0 Å². The van der Waals surface area contributed by atoms with Gasteiger partial charge in [0.2, 0.25) is 0 Å². The van der Waals surface area contributed by atoms with Gasteiger partial charge < -0.3 is 10.2 Å². The summed E-state index contributed by atoms with van der Waals surface area (Å²) in [6.45, 7) is 7.55. The molecule has 3 aliphatic rings. The minimum Gasteiger partial charge on any atom is -0.334 e. The molecule has 3 aliphatic heterocycles. The zero-order valence-electron chi connectivity index (χ0n) is 17.4. The van der Waals surface area contributed by atoms with E-state index in [4.69, 9.17) is 0 Å². The van der Waals surface area contributed by atoms with Gasteiger partial charge in [-0.15, -0.1) is 0 Å². The molecular weight excluding hydrogens is 358 g/mol. The van der Waals surface area contributed by atoms with Gasteiger partial charge in [0.1, 0.15) is 11.7 Å². The Hall–Kier alpha value is -2.17. The van der Waals surface area contributed by atoms with Crippen molar-refractivity contribution in [3.63, 3.8) is 0 Å². The highest BCUT2D eigenvalue weighted by molar-refractivity contribution is 5.94. The van der Waals surface area contributed by atoms with E-state index in [2.05, 4.69) is 30.4 Å². The molecule has 4 nitrogen and oxygen atoms in total. The van der Waals surface area contributed by atoms with Crippen LogP contribution in [0.15, 0.2) is 48.5 Å². The van der Waals surface area contributed by atoms with Crippen molar-refractivity contribution in [3.05, 3.63) is 65.2 Å². The highest BCUT2D eigenvalue weighted by Crippen LogP contribution is 2.40. The maximum Gasteiger partial charge on any atom is 0.254 e. The number of carbonyl (C=O) groups excluding carboxylic acids is 1. The van der Waals surface area contributed by atoms with Crippen LogP contribution < -0.4 is 9.80 Å². The Morgan fingerprint density at radius 3 is 2.69 bits per heavy atom. The molecule has 3 heterocycles. The van der Waals surface area contributed by atoms with Crippen molar-refractivity contribution in [2.45, 2.75) is 51.2 Å². The molecule has 1 N–H and O–H groups in total. The van der Waals surface area contributed by atoms with Gasteiger partial charge in [0, 0.05) is 57.1 Å². The molecule has 0 aromatic heterocycles. The second kappa shape index (κ2) is 7.58. The maximum absolute atomic E-state index is 12.9. The van der Waals surface area contributed by atoms with Crippen LogP contribution in [0, 0.1) is 0 Å². The molecule has 1 unspecified atom stereocenters. The molecule has 3 atom stereocenters. The molecule has 0 radical (unpaired) electrons. The molecule has 2 saturated heterocycles. The third-order valence-electron chi connectivity index (χ3n) is 7.61. The number of nitrogens with one attached hydrogen (secondary N) is 1. The van der Waals surface area contributed by atoms with Gasteiger partial charge in [0.05, 0.1) is 12.6 Å². The molecule has 5 rings (SSSR count). The van der Waals surface area contributed by atoms with Crippen molar-refractivity contribution in [1.82, 2.24) is 14.7 Å². The first-order valence-corrected chi connectivity index (χ1v) is 11.2. The minimum absolute atomic E-state index is 0.147. The maximum atomic E-state index is 12.9. The summed E-state index contributed by atoms with van der Waals surface area (Å²) in [6.07, 6.45) is 4.89. The predicted molar refractivity (Wildman–Crippen MR) is 118 cm³/mol. The average molecular weight is 391 g/mol. The number of amides is 1. The van der Waals surface area contributed by atoms with E-state index in [-0.39, 0.29) is 5.91 Å². The molecule has 29 heavy (non-hydrogen) atoms. The Bertz CT molecular complexity index is 890. The Balaban J connectivity index is 1.42. The smallest absolute Gasteiger partial charge is 0.254 e. The number of rotatable bonds is 3. The van der Waals surface area contributed by atoms with Gasteiger partial charge in [-0.2, -0.15) is 0 Å². The van der Waals surface area contributed by atoms with Crippen LogP contribution in [0.5, 0.6) is 0 Å². The average Bonchev–Trinajstić information content (AvgIpc) is 3.43. The van der Waals surface area contributed by atoms with E-state index in [1.54, 1.807) is 0 Å². The molecular formula is C25H32N3O+. The van der Waals surface area contributed by atoms with Gasteiger partial charge in [-0.3, -0.25) is 9.28 Å². The minimum atomic E-state index is 0.147. The van der Waals surface area contributed by atoms with Crippen LogP contribution in [0.3, 0.4) is 0 Å². The summed E-state index contributed by atoms with van der Waals surface area (Å²) in [5.41, 5.74) is 5.06. The van der Waals surface area contributed by atoms with Gasteiger partial charge in [0.25, 0.3) is 5.91 Å². The highest BCUT2D eigenvalue weighted by Gasteiger charge is 2.48. The number of benzene rings is 2. The summed E-state index contributed by atoms with van der Waals surface area (Å²) in [4.78, 5) is 14.9. The van der Waals surface area contributed by atoms with Crippen molar-refractivity contribution >= 4 is 11.6 Å². The van der Waals surface area contributed by atoms with Crippen molar-refractivity contribution < 1.29 is 4.79 Å². The van der Waals surface area contributed by atoms with E-state index in [1.165, 1.54) is 42.6 Å². The third-order valence-corrected chi connectivity index (χ3v) is 7.61. The molecule has 0 spiro atoms. The fraction of sp³-hybridized carbons (Fsp3) is 0.480. The summed E-state index contributed by atoms with van der Waals surface area (Å²) in [5, 5.41) is 3.60. The van der Waals surface area contributed by atoms with E-state index in [1.807, 2.05) is 35.2 Å². The number of nitrogens with zero attached hydrogens (tertiary/aromatic N) is 2. The largest absolute Gasteiger partial charge is 0.334 e. The van der Waals surface area contributed by atoms with Crippen molar-refractivity contribution in [3.8, 4) is 0 Å². The van der Waals surface area contributed by atoms with Crippen LogP contribution in [0.2, 0.25) is 0 Å². The van der Waals surface area contributed by atoms with E-state index in [0.717, 1.165) is 42.6 Å². The summed E-state index contributed by atoms with van der Waals surface area (Å²) < 4.78 is 1.16. The van der Waals surface area contributed by atoms with Gasteiger partial charge in [-0.05, 0) is 42.7 Å². The second-order valence-corrected chi connectivity index (χ2v) is 9.09. The zero-order chi connectivity index (χ0) is 19.8. The van der Waals surface area contributed by atoms with Gasteiger partial charge in [-0.25, -0.2) is 0 Å². The number of fused-ring (bicyclic) bond motifs is 1. The van der Waals surface area contributed by atoms with Crippen molar-refractivity contribution in [2.75, 3.05) is 26.2 Å². The first kappa shape index (κ1) is 18.8. The first-order valence-electron chi connectivity index (χ1n) is 11.2. The third kappa shape index (κ3) is 3.19. The standard InChI is InChI=1S/C25H32N3O/c1-19-6-5-15-28(19,24-11-13-26-17-24)23-10-9-22-18-27(14-12-21(22)16-23)25(29)20-7-3-2-4-8-20/h2-4,7-10,16,19,24,26H,5-6,11-15,17-18H2,1H3/q+1/t19-,24-,28?/m0/s1. The Kier molecular flexibility index (Phi) is 4.92. The van der Waals surface area contributed by atoms with Gasteiger partial charge in [-0.1, -0.05) is 24.3 Å². The Morgan fingerprint density at radius 1 is 1.10 bits per heavy atom. The van der Waals surface area contributed by atoms with Gasteiger partial charge >= 0.3 is 0 Å². The molecule has 152 valence electrons. The number of carbonyl (C=O) groups is 1. The molecule has 4 heteroatoms. The van der Waals surface area contributed by atoms with Crippen molar-refractivity contribution in [1.29, 1.82) is 0 Å². The molecule has 2 aromatic rings. The fourth-order valence-corrected chi connectivity index (χ4v) is 6.00. The number of likely N-dealkylation sites (tertiary alicyclic amines) is 1. The van der Waals surface area contributed by atoms with Gasteiger partial charge in [0.15, 0.2) is 0 Å². The lowest BCUT2D eigenvalue weighted by atomic mass is 9.96. The highest BCUT2D eigenvalue weighted by atomic mass is 16.2. The van der Waals surface area contributed by atoms with E-state index >= 15 is 0 Å². The Morgan fingerprint density at radius 2 is 1.97 bits per heavy atom. The summed E-state index contributed by atoms with van der Waals surface area (Å²) in [6, 6.07) is 18.2. The summed E-state index contributed by atoms with van der Waals surface area (Å²) in [7, 11) is 0. The summed E-state index contributed by atoms with van der Waals surface area (Å²) in [5.74, 6) is 0.147. The van der Waals surface area contributed by atoms with Crippen LogP contribution >= 0.6 is 0 Å². The molecule has 2 aromatic carbocycles. The topological polar surface area (TPSA) is 32.3 Å². The molecule has 1 amide bonds. The molecule has 2 fully saturated rings. The lowest BCUT2D eigenvalue weighted by molar-refractivity contribution is 0.0734. The number of quaternary nitrogens is 1. The van der Waals surface area contributed by atoms with Crippen LogP contribution in [0.4, 0.5) is 5.69 Å². The number of hydrogen-bond acceptors (Lipinski definition) is 2.